The molecule has 6 heteroatoms. The highest BCUT2D eigenvalue weighted by Gasteiger charge is 2.24. The van der Waals surface area contributed by atoms with Gasteiger partial charge in [0.05, 0.1) is 0 Å². The van der Waals surface area contributed by atoms with Crippen LogP contribution in [0.4, 0.5) is 10.1 Å². The number of benzene rings is 2. The average Bonchev–Trinajstić information content (AvgIpc) is 2.67. The number of amides is 1. The summed E-state index contributed by atoms with van der Waals surface area (Å²) in [5.74, 6) is 0.546. The van der Waals surface area contributed by atoms with Crippen LogP contribution in [0.1, 0.15) is 5.56 Å². The fraction of sp³-hybridized carbons (Fsp3) is 0.381. The molecule has 1 heterocycles. The second kappa shape index (κ2) is 9.48. The average molecular weight is 373 g/mol. The summed E-state index contributed by atoms with van der Waals surface area (Å²) in [6.45, 7) is 7.76. The van der Waals surface area contributed by atoms with Crippen molar-refractivity contribution in [2.45, 2.75) is 6.92 Å². The Morgan fingerprint density at radius 3 is 2.48 bits per heavy atom. The molecule has 144 valence electrons. The molecule has 2 aromatic carbocycles. The monoisotopic (exact) mass is 373 g/mol. The number of aryl methyl sites for hydroxylation is 1. The van der Waals surface area contributed by atoms with E-state index in [0.717, 1.165) is 38.5 Å². The van der Waals surface area contributed by atoms with E-state index < -0.39 is 0 Å². The van der Waals surface area contributed by atoms with Gasteiger partial charge in [-0.3, -0.25) is 4.79 Å². The molecule has 1 fully saturated rings. The molecule has 3 N–H and O–H groups in total. The van der Waals surface area contributed by atoms with Crippen molar-refractivity contribution in [2.75, 3.05) is 51.2 Å². The van der Waals surface area contributed by atoms with Crippen LogP contribution < -0.4 is 19.9 Å². The predicted molar refractivity (Wildman–Crippen MR) is 103 cm³/mol. The zero-order valence-electron chi connectivity index (χ0n) is 15.8. The Labute approximate surface area is 159 Å². The van der Waals surface area contributed by atoms with Gasteiger partial charge in [-0.2, -0.15) is 0 Å². The van der Waals surface area contributed by atoms with Gasteiger partial charge in [-0.15, -0.1) is 0 Å². The molecule has 0 aromatic heterocycles. The van der Waals surface area contributed by atoms with Gasteiger partial charge in [0.2, 0.25) is 0 Å². The van der Waals surface area contributed by atoms with Gasteiger partial charge < -0.3 is 19.9 Å². The standard InChI is InChI=1S/C21H26FN3O2/c1-17-7-8-18(15-20(17)22)23-21(26)16-25-11-9-24(10-12-25)13-14-27-19-5-3-2-4-6-19/h2-8,15H,9-14,16H2,1H3,(H,23,26)/p+2. The van der Waals surface area contributed by atoms with Gasteiger partial charge >= 0.3 is 0 Å². The molecular formula is C21H28FN3O2+2. The third kappa shape index (κ3) is 6.05. The lowest BCUT2D eigenvalue weighted by Gasteiger charge is -2.29. The Balaban J connectivity index is 1.35. The molecular weight excluding hydrogens is 345 g/mol. The highest BCUT2D eigenvalue weighted by molar-refractivity contribution is 5.91. The lowest BCUT2D eigenvalue weighted by Crippen LogP contribution is -3.28. The lowest BCUT2D eigenvalue weighted by atomic mass is 10.2. The van der Waals surface area contributed by atoms with Crippen LogP contribution in [0.15, 0.2) is 48.5 Å². The number of carbonyl (C=O) groups is 1. The number of halogens is 1. The number of quaternary nitrogens is 2. The largest absolute Gasteiger partial charge is 0.488 e. The van der Waals surface area contributed by atoms with Gasteiger partial charge in [0.1, 0.15) is 50.9 Å². The van der Waals surface area contributed by atoms with Gasteiger partial charge in [0.15, 0.2) is 6.54 Å². The van der Waals surface area contributed by atoms with E-state index in [9.17, 15) is 9.18 Å². The number of ether oxygens (including phenoxy) is 1. The Kier molecular flexibility index (Phi) is 6.79. The molecule has 27 heavy (non-hydrogen) atoms. The van der Waals surface area contributed by atoms with E-state index in [0.29, 0.717) is 24.4 Å². The lowest BCUT2D eigenvalue weighted by molar-refractivity contribution is -1.01. The van der Waals surface area contributed by atoms with E-state index in [4.69, 9.17) is 4.74 Å². The minimum Gasteiger partial charge on any atom is -0.488 e. The minimum atomic E-state index is -0.296. The van der Waals surface area contributed by atoms with Gasteiger partial charge in [-0.05, 0) is 36.8 Å². The third-order valence-corrected chi connectivity index (χ3v) is 5.00. The summed E-state index contributed by atoms with van der Waals surface area (Å²) in [4.78, 5) is 15.0. The predicted octanol–water partition coefficient (Wildman–Crippen LogP) is -0.0650. The van der Waals surface area contributed by atoms with Crippen molar-refractivity contribution in [3.05, 3.63) is 59.9 Å². The van der Waals surface area contributed by atoms with E-state index in [2.05, 4.69) is 5.32 Å². The molecule has 1 aliphatic heterocycles. The minimum absolute atomic E-state index is 0.0656. The van der Waals surface area contributed by atoms with Crippen molar-refractivity contribution in [3.8, 4) is 5.75 Å². The summed E-state index contributed by atoms with van der Waals surface area (Å²) < 4.78 is 19.3. The van der Waals surface area contributed by atoms with Crippen LogP contribution in [0.5, 0.6) is 5.75 Å². The zero-order valence-corrected chi connectivity index (χ0v) is 15.8. The van der Waals surface area contributed by atoms with Crippen LogP contribution in [0.2, 0.25) is 0 Å². The van der Waals surface area contributed by atoms with Crippen LogP contribution >= 0.6 is 0 Å². The molecule has 0 radical (unpaired) electrons. The number of hydrogen-bond acceptors (Lipinski definition) is 2. The Morgan fingerprint density at radius 2 is 1.78 bits per heavy atom. The van der Waals surface area contributed by atoms with Crippen LogP contribution in [-0.4, -0.2) is 51.8 Å². The number of para-hydroxylation sites is 1. The van der Waals surface area contributed by atoms with Crippen LogP contribution in [0.25, 0.3) is 0 Å². The highest BCUT2D eigenvalue weighted by atomic mass is 19.1. The molecule has 1 amide bonds. The second-order valence-electron chi connectivity index (χ2n) is 7.10. The van der Waals surface area contributed by atoms with Crippen molar-refractivity contribution in [2.24, 2.45) is 0 Å². The first kappa shape index (κ1) is 19.3. The van der Waals surface area contributed by atoms with Gasteiger partial charge in [-0.25, -0.2) is 4.39 Å². The molecule has 0 atom stereocenters. The topological polar surface area (TPSA) is 47.2 Å². The van der Waals surface area contributed by atoms with Crippen molar-refractivity contribution in [1.82, 2.24) is 0 Å². The number of hydrogen-bond donors (Lipinski definition) is 3. The SMILES string of the molecule is Cc1ccc(NC(=O)C[NH+]2CC[NH+](CCOc3ccccc3)CC2)cc1F. The highest BCUT2D eigenvalue weighted by Crippen LogP contribution is 2.13. The molecule has 0 unspecified atom stereocenters. The smallest absolute Gasteiger partial charge is 0.279 e. The molecule has 3 rings (SSSR count). The maximum atomic E-state index is 13.6. The number of anilines is 1. The van der Waals surface area contributed by atoms with Crippen molar-refractivity contribution >= 4 is 11.6 Å². The maximum Gasteiger partial charge on any atom is 0.279 e. The summed E-state index contributed by atoms with van der Waals surface area (Å²) in [5, 5.41) is 2.79. The summed E-state index contributed by atoms with van der Waals surface area (Å²) in [6.07, 6.45) is 0. The molecule has 2 aromatic rings. The molecule has 1 aliphatic rings. The molecule has 0 aliphatic carbocycles. The number of nitrogens with one attached hydrogen (secondary N) is 3. The van der Waals surface area contributed by atoms with Crippen molar-refractivity contribution in [1.29, 1.82) is 0 Å². The van der Waals surface area contributed by atoms with E-state index in [1.54, 1.807) is 19.1 Å². The summed E-state index contributed by atoms with van der Waals surface area (Å²) in [7, 11) is 0. The molecule has 1 saturated heterocycles. The summed E-state index contributed by atoms with van der Waals surface area (Å²) in [6, 6.07) is 14.6. The fourth-order valence-electron chi connectivity index (χ4n) is 3.32. The van der Waals surface area contributed by atoms with E-state index in [-0.39, 0.29) is 11.7 Å². The molecule has 0 saturated carbocycles. The number of piperazine rings is 1. The zero-order chi connectivity index (χ0) is 19.1. The summed E-state index contributed by atoms with van der Waals surface area (Å²) in [5.41, 5.74) is 1.10. The fourth-order valence-corrected chi connectivity index (χ4v) is 3.32. The van der Waals surface area contributed by atoms with Crippen molar-refractivity contribution < 1.29 is 23.7 Å². The summed E-state index contributed by atoms with van der Waals surface area (Å²) >= 11 is 0. The normalized spacial score (nSPS) is 19.5. The first-order valence-corrected chi connectivity index (χ1v) is 9.51. The third-order valence-electron chi connectivity index (χ3n) is 5.00. The molecule has 0 bridgehead atoms. The Morgan fingerprint density at radius 1 is 1.07 bits per heavy atom. The van der Waals surface area contributed by atoms with Crippen LogP contribution in [0.3, 0.4) is 0 Å². The van der Waals surface area contributed by atoms with Crippen molar-refractivity contribution in [3.63, 3.8) is 0 Å². The van der Waals surface area contributed by atoms with Gasteiger partial charge in [0, 0.05) is 5.69 Å². The first-order valence-electron chi connectivity index (χ1n) is 9.51. The van der Waals surface area contributed by atoms with Gasteiger partial charge in [0.25, 0.3) is 5.91 Å². The Bertz CT molecular complexity index is 746. The van der Waals surface area contributed by atoms with E-state index in [1.165, 1.54) is 15.9 Å². The van der Waals surface area contributed by atoms with Gasteiger partial charge in [-0.1, -0.05) is 24.3 Å². The van der Waals surface area contributed by atoms with Crippen LogP contribution in [0, 0.1) is 12.7 Å². The first-order chi connectivity index (χ1) is 13.1. The van der Waals surface area contributed by atoms with E-state index in [1.807, 2.05) is 30.3 Å². The maximum absolute atomic E-state index is 13.6. The number of rotatable bonds is 7. The quantitative estimate of drug-likeness (QED) is 0.637. The second-order valence-corrected chi connectivity index (χ2v) is 7.10. The van der Waals surface area contributed by atoms with E-state index >= 15 is 0 Å². The number of carbonyl (C=O) groups excluding carboxylic acids is 1. The van der Waals surface area contributed by atoms with Crippen LogP contribution in [-0.2, 0) is 4.79 Å². The Hall–Kier alpha value is -2.44. The molecule has 0 spiro atoms. The molecule has 5 nitrogen and oxygen atoms in total.